The Bertz CT molecular complexity index is 204. The smallest absolute Gasteiger partial charge is 0.462 e. The molecule has 138 valence electrons. The van der Waals surface area contributed by atoms with E-state index in [1.165, 1.54) is 87.6 Å². The molecule has 0 N–H and O–H groups in total. The molecule has 0 rings (SSSR count). The molecule has 1 atom stereocenters. The summed E-state index contributed by atoms with van der Waals surface area (Å²) in [5.41, 5.74) is 0. The van der Waals surface area contributed by atoms with E-state index in [2.05, 4.69) is 20.8 Å². The van der Waals surface area contributed by atoms with Crippen LogP contribution in [0.4, 0.5) is 0 Å². The molecule has 0 radical (unpaired) electrons. The van der Waals surface area contributed by atoms with E-state index in [9.17, 15) is 0 Å². The van der Waals surface area contributed by atoms with Crippen LogP contribution in [0.25, 0.3) is 0 Å². The molecule has 0 saturated heterocycles. The first-order valence-electron chi connectivity index (χ1n) is 10.5. The van der Waals surface area contributed by atoms with Crippen molar-refractivity contribution in [1.82, 2.24) is 0 Å². The zero-order chi connectivity index (χ0) is 17.2. The molecule has 0 amide bonds. The van der Waals surface area contributed by atoms with E-state index < -0.39 is 14.5 Å². The van der Waals surface area contributed by atoms with E-state index in [1.54, 1.807) is 7.11 Å². The molecule has 0 heterocycles. The molecule has 0 aliphatic carbocycles. The minimum atomic E-state index is -1.07. The zero-order valence-corrected chi connectivity index (χ0v) is 17.7. The average molecular weight is 343 g/mol. The molecule has 1 unspecified atom stereocenters. The van der Waals surface area contributed by atoms with Crippen molar-refractivity contribution in [1.29, 1.82) is 0 Å². The second kappa shape index (κ2) is 18.8. The van der Waals surface area contributed by atoms with E-state index in [0.717, 1.165) is 6.42 Å². The van der Waals surface area contributed by atoms with Crippen LogP contribution < -0.4 is 0 Å². The predicted octanol–water partition coefficient (Wildman–Crippen LogP) is 7.10. The van der Waals surface area contributed by atoms with E-state index in [0.29, 0.717) is 0 Å². The third-order valence-electron chi connectivity index (χ3n) is 4.70. The number of rotatable bonds is 18. The van der Waals surface area contributed by atoms with Crippen molar-refractivity contribution in [3.8, 4) is 0 Å². The lowest BCUT2D eigenvalue weighted by molar-refractivity contribution is -0.0583. The van der Waals surface area contributed by atoms with Crippen LogP contribution in [0.2, 0.25) is 10.6 Å². The lowest BCUT2D eigenvalue weighted by atomic mass is 10.1. The van der Waals surface area contributed by atoms with Crippen molar-refractivity contribution in [3.63, 3.8) is 0 Å². The van der Waals surface area contributed by atoms with E-state index in [-0.39, 0.29) is 6.29 Å². The summed E-state index contributed by atoms with van der Waals surface area (Å²) in [7, 11) is 1.79. The van der Waals surface area contributed by atoms with E-state index >= 15 is 0 Å². The number of methoxy groups -OCH3 is 1. The highest BCUT2D eigenvalue weighted by molar-refractivity contribution is 6.51. The normalized spacial score (nSPS) is 12.5. The molecule has 2 nitrogen and oxygen atoms in total. The molecule has 0 fully saturated rings. The highest BCUT2D eigenvalue weighted by atomic mass is 27.2. The predicted molar refractivity (Wildman–Crippen MR) is 104 cm³/mol. The van der Waals surface area contributed by atoms with Crippen LogP contribution in [-0.4, -0.2) is 27.9 Å². The summed E-state index contributed by atoms with van der Waals surface area (Å²) in [5.74, 6) is 0. The summed E-state index contributed by atoms with van der Waals surface area (Å²) in [4.78, 5) is 0. The number of ether oxygens (including phenoxy) is 1. The number of unbranched alkanes of at least 4 members (excludes halogenated alkanes) is 10. The summed E-state index contributed by atoms with van der Waals surface area (Å²) in [6.07, 6.45) is 17.7. The monoisotopic (exact) mass is 342 g/mol. The molecule has 0 aromatic heterocycles. The Morgan fingerprint density at radius 3 is 1.48 bits per heavy atom. The third kappa shape index (κ3) is 15.7. The van der Waals surface area contributed by atoms with Crippen LogP contribution in [0, 0.1) is 0 Å². The van der Waals surface area contributed by atoms with Gasteiger partial charge in [-0.25, -0.2) is 0 Å². The van der Waals surface area contributed by atoms with Crippen molar-refractivity contribution in [2.45, 2.75) is 121 Å². The topological polar surface area (TPSA) is 18.5 Å². The fraction of sp³-hybridized carbons (Fsp3) is 1.00. The van der Waals surface area contributed by atoms with Crippen LogP contribution in [0.5, 0.6) is 0 Å². The molecule has 23 heavy (non-hydrogen) atoms. The number of hydrogen-bond donors (Lipinski definition) is 0. The average Bonchev–Trinajstić information content (AvgIpc) is 2.57. The molecular formula is C20H43AlO2. The van der Waals surface area contributed by atoms with Crippen molar-refractivity contribution in [3.05, 3.63) is 0 Å². The Balaban J connectivity index is 3.88. The quantitative estimate of drug-likeness (QED) is 0.150. The van der Waals surface area contributed by atoms with Gasteiger partial charge in [-0.1, -0.05) is 108 Å². The minimum Gasteiger partial charge on any atom is -0.478 e. The summed E-state index contributed by atoms with van der Waals surface area (Å²) < 4.78 is 11.8. The van der Waals surface area contributed by atoms with Crippen molar-refractivity contribution in [2.24, 2.45) is 0 Å². The Morgan fingerprint density at radius 2 is 1.09 bits per heavy atom. The standard InChI is InChI=1S/2C8H17.C4H9O2.Al/c2*1-3-5-7-8-6-4-2;1-3-4(5)6-2;/h2*1,3-8H2,2H3;4H,3H2,1-2H3;/q;;-1;+1. The van der Waals surface area contributed by atoms with Gasteiger partial charge in [-0.05, 0) is 6.42 Å². The second-order valence-electron chi connectivity index (χ2n) is 6.94. The van der Waals surface area contributed by atoms with Gasteiger partial charge in [0.15, 0.2) is 0 Å². The van der Waals surface area contributed by atoms with Gasteiger partial charge in [-0.15, -0.1) is 0 Å². The van der Waals surface area contributed by atoms with Gasteiger partial charge < -0.3 is 8.53 Å². The maximum absolute atomic E-state index is 6.32. The first kappa shape index (κ1) is 23.5. The summed E-state index contributed by atoms with van der Waals surface area (Å²) >= 11 is -1.07. The van der Waals surface area contributed by atoms with Gasteiger partial charge in [-0.3, -0.25) is 0 Å². The van der Waals surface area contributed by atoms with Crippen LogP contribution >= 0.6 is 0 Å². The van der Waals surface area contributed by atoms with Crippen LogP contribution in [0.3, 0.4) is 0 Å². The van der Waals surface area contributed by atoms with Gasteiger partial charge in [0.25, 0.3) is 0 Å². The Morgan fingerprint density at radius 1 is 0.652 bits per heavy atom. The van der Waals surface area contributed by atoms with Gasteiger partial charge in [0.05, 0.1) is 0 Å². The van der Waals surface area contributed by atoms with Crippen LogP contribution in [-0.2, 0) is 8.53 Å². The summed E-state index contributed by atoms with van der Waals surface area (Å²) in [5, 5.41) is 2.70. The highest BCUT2D eigenvalue weighted by Gasteiger charge is 2.23. The van der Waals surface area contributed by atoms with Crippen LogP contribution in [0.1, 0.15) is 104 Å². The molecule has 0 bridgehead atoms. The molecule has 0 aliphatic rings. The summed E-state index contributed by atoms with van der Waals surface area (Å²) in [6.45, 7) is 6.73. The lowest BCUT2D eigenvalue weighted by Crippen LogP contribution is -2.26. The zero-order valence-electron chi connectivity index (χ0n) is 16.6. The Kier molecular flexibility index (Phi) is 19.2. The van der Waals surface area contributed by atoms with Crippen molar-refractivity contribution < 1.29 is 8.53 Å². The minimum absolute atomic E-state index is 0.0480. The fourth-order valence-electron chi connectivity index (χ4n) is 3.12. The van der Waals surface area contributed by atoms with Crippen LogP contribution in [0.15, 0.2) is 0 Å². The van der Waals surface area contributed by atoms with Gasteiger partial charge in [0.1, 0.15) is 6.29 Å². The molecule has 0 spiro atoms. The number of hydrogen-bond acceptors (Lipinski definition) is 2. The summed E-state index contributed by atoms with van der Waals surface area (Å²) in [6, 6.07) is 0. The fourth-order valence-corrected chi connectivity index (χ4v) is 5.90. The Labute approximate surface area is 151 Å². The molecule has 0 saturated carbocycles. The molecule has 0 aromatic rings. The third-order valence-corrected chi connectivity index (χ3v) is 7.49. The van der Waals surface area contributed by atoms with E-state index in [1.807, 2.05) is 0 Å². The second-order valence-corrected chi connectivity index (χ2v) is 9.62. The van der Waals surface area contributed by atoms with Gasteiger partial charge in [0, 0.05) is 7.11 Å². The largest absolute Gasteiger partial charge is 0.478 e. The highest BCUT2D eigenvalue weighted by Crippen LogP contribution is 2.18. The first-order chi connectivity index (χ1) is 11.3. The molecule has 0 aliphatic heterocycles. The van der Waals surface area contributed by atoms with Gasteiger partial charge in [0.2, 0.25) is 0 Å². The SMILES string of the molecule is CCCCCCC[CH2][Al]([CH2]CCCCCCC)[O]C(CC)OC. The maximum Gasteiger partial charge on any atom is 0.462 e. The first-order valence-corrected chi connectivity index (χ1v) is 12.6. The van der Waals surface area contributed by atoms with Gasteiger partial charge in [-0.2, -0.15) is 0 Å². The molecule has 0 aromatic carbocycles. The molecule has 3 heteroatoms. The van der Waals surface area contributed by atoms with Gasteiger partial charge >= 0.3 is 14.5 Å². The van der Waals surface area contributed by atoms with Crippen molar-refractivity contribution >= 4 is 14.5 Å². The molecular weight excluding hydrogens is 299 g/mol. The maximum atomic E-state index is 6.32. The van der Waals surface area contributed by atoms with E-state index in [4.69, 9.17) is 8.53 Å². The lowest BCUT2D eigenvalue weighted by Gasteiger charge is -2.20. The Hall–Kier alpha value is 0.452. The van der Waals surface area contributed by atoms with Crippen molar-refractivity contribution in [2.75, 3.05) is 7.11 Å².